The monoisotopic (exact) mass is 628 g/mol. The van der Waals surface area contributed by atoms with Gasteiger partial charge in [0.05, 0.1) is 30.9 Å². The van der Waals surface area contributed by atoms with Crippen LogP contribution in [0.3, 0.4) is 0 Å². The van der Waals surface area contributed by atoms with Crippen molar-refractivity contribution < 1.29 is 64.2 Å². The number of hydrogen-bond donors (Lipinski definition) is 13. The third-order valence-corrected chi connectivity index (χ3v) is 8.58. The summed E-state index contributed by atoms with van der Waals surface area (Å²) >= 11 is 0. The Labute approximate surface area is 247 Å². The van der Waals surface area contributed by atoms with E-state index in [1.54, 1.807) is 0 Å². The highest BCUT2D eigenvalue weighted by Crippen LogP contribution is 2.33. The van der Waals surface area contributed by atoms with Crippen molar-refractivity contribution >= 4 is 0 Å². The lowest BCUT2D eigenvalue weighted by Gasteiger charge is -2.49. The normalized spacial score (nSPS) is 53.1. The van der Waals surface area contributed by atoms with Crippen LogP contribution in [-0.4, -0.2) is 172 Å². The molecule has 4 rings (SSSR count). The van der Waals surface area contributed by atoms with Gasteiger partial charge in [0.25, 0.3) is 0 Å². The number of hydrogen-bond acceptors (Lipinski definition) is 19. The Hall–Kier alpha value is -0.760. The molecule has 19 atom stereocenters. The molecule has 1 saturated carbocycles. The number of aliphatic hydroxyl groups is 7. The molecule has 4 fully saturated rings. The van der Waals surface area contributed by atoms with Crippen LogP contribution in [0.2, 0.25) is 0 Å². The summed E-state index contributed by atoms with van der Waals surface area (Å²) in [5, 5.41) is 73.7. The molecule has 252 valence electrons. The number of rotatable bonds is 9. The van der Waals surface area contributed by atoms with Gasteiger partial charge < -0.3 is 98.6 Å². The Balaban J connectivity index is 1.48. The molecular weight excluding hydrogens is 580 g/mol. The van der Waals surface area contributed by atoms with Gasteiger partial charge >= 0.3 is 0 Å². The van der Waals surface area contributed by atoms with E-state index in [4.69, 9.17) is 62.8 Å². The Morgan fingerprint density at radius 3 is 1.63 bits per heavy atom. The van der Waals surface area contributed by atoms with Gasteiger partial charge in [0.15, 0.2) is 18.9 Å². The van der Waals surface area contributed by atoms with E-state index in [9.17, 15) is 35.7 Å². The highest BCUT2D eigenvalue weighted by molar-refractivity contribution is 5.01. The molecule has 0 aromatic rings. The summed E-state index contributed by atoms with van der Waals surface area (Å²) in [7, 11) is 0. The van der Waals surface area contributed by atoms with Gasteiger partial charge in [0.2, 0.25) is 0 Å². The minimum Gasteiger partial charge on any atom is -0.394 e. The zero-order valence-corrected chi connectivity index (χ0v) is 23.5. The van der Waals surface area contributed by atoms with Crippen LogP contribution in [-0.2, 0) is 28.4 Å². The smallest absolute Gasteiger partial charge is 0.187 e. The summed E-state index contributed by atoms with van der Waals surface area (Å²) in [5.74, 6) is 0. The molecule has 4 aliphatic rings. The quantitative estimate of drug-likeness (QED) is 0.113. The lowest BCUT2D eigenvalue weighted by Crippen LogP contribution is -2.68. The van der Waals surface area contributed by atoms with Crippen LogP contribution in [0.15, 0.2) is 0 Å². The van der Waals surface area contributed by atoms with Gasteiger partial charge in [-0.25, -0.2) is 0 Å². The zero-order valence-electron chi connectivity index (χ0n) is 23.5. The molecule has 0 aromatic heterocycles. The Kier molecular flexibility index (Phi) is 12.1. The number of aliphatic hydroxyl groups excluding tert-OH is 7. The first kappa shape index (κ1) is 35.1. The third kappa shape index (κ3) is 7.30. The zero-order chi connectivity index (χ0) is 31.7. The highest BCUT2D eigenvalue weighted by Gasteiger charge is 2.53. The standard InChI is InChI=1S/C24H48N6O13/c25-3-10-9(32)2-8(29)22(38-10)41-19-6(27)1-7(28)20(17(19)36)42-24-18(37)21(14(33)11(4-26)39-24)43-23-16(35)15(34)13(30)12(5-31)40-23/h6-24,31-37H,1-5,25-30H2/t6-,7+,8+,9-,10+,11+,12+,13+,14+,15-,16+,17-,18+,19+,20-,21-,22+,23+,24+/m0/s1. The molecule has 19 nitrogen and oxygen atoms in total. The lowest BCUT2D eigenvalue weighted by atomic mass is 9.84. The van der Waals surface area contributed by atoms with E-state index in [-0.39, 0.29) is 25.9 Å². The maximum atomic E-state index is 11.3. The van der Waals surface area contributed by atoms with E-state index in [2.05, 4.69) is 0 Å². The van der Waals surface area contributed by atoms with Crippen LogP contribution in [0.25, 0.3) is 0 Å². The molecule has 0 radical (unpaired) electrons. The van der Waals surface area contributed by atoms with Gasteiger partial charge in [-0.1, -0.05) is 0 Å². The van der Waals surface area contributed by atoms with Crippen molar-refractivity contribution in [1.29, 1.82) is 0 Å². The molecule has 19 heteroatoms. The minimum absolute atomic E-state index is 0.00722. The first-order chi connectivity index (χ1) is 20.3. The molecule has 0 unspecified atom stereocenters. The molecule has 43 heavy (non-hydrogen) atoms. The topological polar surface area (TPSA) is 353 Å². The van der Waals surface area contributed by atoms with Gasteiger partial charge in [-0.15, -0.1) is 0 Å². The van der Waals surface area contributed by atoms with Gasteiger partial charge in [0, 0.05) is 25.2 Å². The summed E-state index contributed by atoms with van der Waals surface area (Å²) < 4.78 is 34.5. The van der Waals surface area contributed by atoms with Gasteiger partial charge in [-0.3, -0.25) is 0 Å². The molecule has 0 amide bonds. The fourth-order valence-electron chi connectivity index (χ4n) is 5.95. The van der Waals surface area contributed by atoms with Crippen LogP contribution >= 0.6 is 0 Å². The van der Waals surface area contributed by atoms with Crippen LogP contribution in [0.4, 0.5) is 0 Å². The maximum absolute atomic E-state index is 11.3. The fourth-order valence-corrected chi connectivity index (χ4v) is 5.95. The second-order valence-corrected chi connectivity index (χ2v) is 11.6. The summed E-state index contributed by atoms with van der Waals surface area (Å²) in [6.45, 7) is -0.851. The number of ether oxygens (including phenoxy) is 6. The van der Waals surface area contributed by atoms with E-state index >= 15 is 0 Å². The van der Waals surface area contributed by atoms with Crippen molar-refractivity contribution in [3.8, 4) is 0 Å². The van der Waals surface area contributed by atoms with Crippen LogP contribution in [0.1, 0.15) is 12.8 Å². The summed E-state index contributed by atoms with van der Waals surface area (Å²) in [6, 6.07) is -3.53. The maximum Gasteiger partial charge on any atom is 0.187 e. The fraction of sp³-hybridized carbons (Fsp3) is 1.00. The minimum atomic E-state index is -1.76. The molecular formula is C24H48N6O13. The second-order valence-electron chi connectivity index (χ2n) is 11.6. The van der Waals surface area contributed by atoms with Crippen molar-refractivity contribution in [3.05, 3.63) is 0 Å². The van der Waals surface area contributed by atoms with Crippen LogP contribution in [0.5, 0.6) is 0 Å². The van der Waals surface area contributed by atoms with E-state index in [0.717, 1.165) is 0 Å². The molecule has 3 heterocycles. The molecule has 1 aliphatic carbocycles. The molecule has 0 bridgehead atoms. The van der Waals surface area contributed by atoms with E-state index < -0.39 is 123 Å². The van der Waals surface area contributed by atoms with Crippen LogP contribution in [0, 0.1) is 0 Å². The van der Waals surface area contributed by atoms with Crippen molar-refractivity contribution in [2.75, 3.05) is 19.7 Å². The average molecular weight is 629 g/mol. The molecule has 0 aromatic carbocycles. The molecule has 3 aliphatic heterocycles. The summed E-state index contributed by atoms with van der Waals surface area (Å²) in [4.78, 5) is 0. The Morgan fingerprint density at radius 2 is 1.05 bits per heavy atom. The molecule has 3 saturated heterocycles. The highest BCUT2D eigenvalue weighted by atomic mass is 16.7. The SMILES string of the molecule is NC[C@H]1O[C@H](O[C@@H]2[C@@H](O)[C@H](O[C@H]3O[C@H](CN)[C@@H](O)C[C@H]3N)[C@@H](N)C[C@H]2N)[C@H](O)[C@@H](O[C@H]2O[C@H](CO)[C@@H](N)[C@H](O)[C@H]2O)[C@@H]1O. The van der Waals surface area contributed by atoms with Gasteiger partial charge in [-0.2, -0.15) is 0 Å². The predicted molar refractivity (Wildman–Crippen MR) is 143 cm³/mol. The lowest BCUT2D eigenvalue weighted by molar-refractivity contribution is -0.360. The van der Waals surface area contributed by atoms with Crippen LogP contribution < -0.4 is 34.4 Å². The van der Waals surface area contributed by atoms with Gasteiger partial charge in [0.1, 0.15) is 61.0 Å². The van der Waals surface area contributed by atoms with Crippen molar-refractivity contribution in [2.24, 2.45) is 34.4 Å². The first-order valence-electron chi connectivity index (χ1n) is 14.4. The van der Waals surface area contributed by atoms with Crippen molar-refractivity contribution in [3.63, 3.8) is 0 Å². The molecule has 19 N–H and O–H groups in total. The van der Waals surface area contributed by atoms with Gasteiger partial charge in [-0.05, 0) is 12.8 Å². The third-order valence-electron chi connectivity index (χ3n) is 8.58. The molecule has 0 spiro atoms. The Morgan fingerprint density at radius 1 is 0.535 bits per heavy atom. The average Bonchev–Trinajstić information content (AvgIpc) is 2.97. The van der Waals surface area contributed by atoms with E-state index in [0.29, 0.717) is 0 Å². The second kappa shape index (κ2) is 14.8. The summed E-state index contributed by atoms with van der Waals surface area (Å²) in [6.07, 6.45) is -19.8. The van der Waals surface area contributed by atoms with E-state index in [1.807, 2.05) is 0 Å². The first-order valence-corrected chi connectivity index (χ1v) is 14.4. The summed E-state index contributed by atoms with van der Waals surface area (Å²) in [5.41, 5.74) is 35.9. The Bertz CT molecular complexity index is 886. The predicted octanol–water partition coefficient (Wildman–Crippen LogP) is -8.51. The largest absolute Gasteiger partial charge is 0.394 e. The number of nitrogens with two attached hydrogens (primary N) is 6. The van der Waals surface area contributed by atoms with Crippen molar-refractivity contribution in [2.45, 2.75) is 129 Å². The van der Waals surface area contributed by atoms with E-state index in [1.165, 1.54) is 0 Å². The van der Waals surface area contributed by atoms with Crippen molar-refractivity contribution in [1.82, 2.24) is 0 Å².